The molecule has 0 aliphatic heterocycles. The van der Waals surface area contributed by atoms with Crippen molar-refractivity contribution in [1.82, 2.24) is 24.6 Å². The molecule has 0 aliphatic rings. The lowest BCUT2D eigenvalue weighted by atomic mass is 10.1. The van der Waals surface area contributed by atoms with Crippen LogP contribution in [0.1, 0.15) is 18.5 Å². The van der Waals surface area contributed by atoms with Gasteiger partial charge in [-0.1, -0.05) is 12.1 Å². The van der Waals surface area contributed by atoms with Crippen LogP contribution in [0.5, 0.6) is 0 Å². The summed E-state index contributed by atoms with van der Waals surface area (Å²) in [7, 11) is -2.16. The van der Waals surface area contributed by atoms with E-state index in [1.807, 2.05) is 0 Å². The number of aryl methyl sites for hydroxylation is 1. The molecule has 11 heteroatoms. The van der Waals surface area contributed by atoms with Crippen LogP contribution >= 0.6 is 0 Å². The van der Waals surface area contributed by atoms with E-state index in [4.69, 9.17) is 5.14 Å². The van der Waals surface area contributed by atoms with Crippen LogP contribution < -0.4 is 16.0 Å². The minimum Gasteiger partial charge on any atom is -0.348 e. The molecule has 1 aromatic carbocycles. The summed E-state index contributed by atoms with van der Waals surface area (Å²) in [4.78, 5) is 28.8. The quantitative estimate of drug-likeness (QED) is 0.610. The first-order valence-electron chi connectivity index (χ1n) is 7.96. The van der Waals surface area contributed by atoms with Crippen LogP contribution in [0, 0.1) is 0 Å². The number of carbonyl (C=O) groups excluding carboxylic acids is 1. The predicted molar refractivity (Wildman–Crippen MR) is 97.1 cm³/mol. The molecule has 0 saturated carbocycles. The van der Waals surface area contributed by atoms with Crippen molar-refractivity contribution in [3.63, 3.8) is 0 Å². The number of benzene rings is 1. The lowest BCUT2D eigenvalue weighted by Gasteiger charge is -2.15. The molecule has 0 radical (unpaired) electrons. The fourth-order valence-electron chi connectivity index (χ4n) is 2.67. The summed E-state index contributed by atoms with van der Waals surface area (Å²) in [5, 5.41) is 12.1. The molecule has 142 valence electrons. The standard InChI is InChI=1S/C16H18N6O4S/c1-10(11-4-3-5-12(6-11)27(17,25)26)20-14(23)8-22-9-18-15-13(16(22)24)7-19-21(15)2/h3-7,9-10H,8H2,1-2H3,(H,20,23)(H2,17,25,26)/t10-/m1/s1. The van der Waals surface area contributed by atoms with Gasteiger partial charge in [-0.25, -0.2) is 18.5 Å². The predicted octanol–water partition coefficient (Wildman–Crippen LogP) is -0.345. The Morgan fingerprint density at radius 2 is 2.11 bits per heavy atom. The van der Waals surface area contributed by atoms with Crippen molar-refractivity contribution >= 4 is 27.0 Å². The molecule has 1 atom stereocenters. The first-order chi connectivity index (χ1) is 12.7. The maximum absolute atomic E-state index is 12.4. The van der Waals surface area contributed by atoms with Gasteiger partial charge in [-0.05, 0) is 24.6 Å². The molecule has 2 heterocycles. The van der Waals surface area contributed by atoms with E-state index in [0.29, 0.717) is 16.6 Å². The normalized spacial score (nSPS) is 12.9. The lowest BCUT2D eigenvalue weighted by Crippen LogP contribution is -2.34. The van der Waals surface area contributed by atoms with Gasteiger partial charge in [-0.3, -0.25) is 18.8 Å². The van der Waals surface area contributed by atoms with E-state index in [-0.39, 0.29) is 17.0 Å². The molecule has 1 amide bonds. The van der Waals surface area contributed by atoms with Crippen LogP contribution in [0.15, 0.2) is 46.5 Å². The number of hydrogen-bond donors (Lipinski definition) is 2. The summed E-state index contributed by atoms with van der Waals surface area (Å²) >= 11 is 0. The SMILES string of the molecule is C[C@@H](NC(=O)Cn1cnc2c(cnn2C)c1=O)c1cccc(S(N)(=O)=O)c1. The number of nitrogens with two attached hydrogens (primary N) is 1. The van der Waals surface area contributed by atoms with E-state index in [0.717, 1.165) is 0 Å². The second-order valence-electron chi connectivity index (χ2n) is 6.09. The topological polar surface area (TPSA) is 142 Å². The first-order valence-corrected chi connectivity index (χ1v) is 9.50. The first kappa shape index (κ1) is 18.7. The summed E-state index contributed by atoms with van der Waals surface area (Å²) in [6.07, 6.45) is 2.69. The van der Waals surface area contributed by atoms with Crippen LogP contribution in [-0.4, -0.2) is 33.7 Å². The fourth-order valence-corrected chi connectivity index (χ4v) is 3.23. The van der Waals surface area contributed by atoms with Crippen molar-refractivity contribution in [3.8, 4) is 0 Å². The second-order valence-corrected chi connectivity index (χ2v) is 7.65. The number of nitrogens with zero attached hydrogens (tertiary/aromatic N) is 4. The number of primary sulfonamides is 1. The molecule has 0 bridgehead atoms. The molecule has 27 heavy (non-hydrogen) atoms. The number of amides is 1. The maximum atomic E-state index is 12.4. The van der Waals surface area contributed by atoms with Crippen molar-refractivity contribution in [1.29, 1.82) is 0 Å². The Kier molecular flexibility index (Phi) is 4.81. The molecule has 3 rings (SSSR count). The van der Waals surface area contributed by atoms with E-state index in [2.05, 4.69) is 15.4 Å². The summed E-state index contributed by atoms with van der Waals surface area (Å²) in [6.45, 7) is 1.47. The highest BCUT2D eigenvalue weighted by molar-refractivity contribution is 7.89. The van der Waals surface area contributed by atoms with Crippen LogP contribution in [-0.2, 0) is 28.4 Å². The third-order valence-corrected chi connectivity index (χ3v) is 5.01. The van der Waals surface area contributed by atoms with E-state index >= 15 is 0 Å². The van der Waals surface area contributed by atoms with Gasteiger partial charge in [-0.15, -0.1) is 0 Å². The van der Waals surface area contributed by atoms with Crippen LogP contribution in [0.4, 0.5) is 0 Å². The molecule has 0 unspecified atom stereocenters. The number of sulfonamides is 1. The summed E-state index contributed by atoms with van der Waals surface area (Å²) in [5.74, 6) is -0.421. The summed E-state index contributed by atoms with van der Waals surface area (Å²) < 4.78 is 25.6. The minimum absolute atomic E-state index is 0.0384. The number of carbonyl (C=O) groups is 1. The third-order valence-electron chi connectivity index (χ3n) is 4.10. The molecule has 3 N–H and O–H groups in total. The van der Waals surface area contributed by atoms with E-state index in [1.54, 1.807) is 26.1 Å². The van der Waals surface area contributed by atoms with Gasteiger partial charge >= 0.3 is 0 Å². The zero-order chi connectivity index (χ0) is 19.8. The molecule has 0 fully saturated rings. The summed E-state index contributed by atoms with van der Waals surface area (Å²) in [5.41, 5.74) is 0.639. The highest BCUT2D eigenvalue weighted by Gasteiger charge is 2.15. The lowest BCUT2D eigenvalue weighted by molar-refractivity contribution is -0.122. The van der Waals surface area contributed by atoms with E-state index < -0.39 is 22.0 Å². The Hall–Kier alpha value is -3.05. The second kappa shape index (κ2) is 6.93. The van der Waals surface area contributed by atoms with Gasteiger partial charge in [0.15, 0.2) is 5.65 Å². The Labute approximate surface area is 154 Å². The Morgan fingerprint density at radius 1 is 1.37 bits per heavy atom. The van der Waals surface area contributed by atoms with Gasteiger partial charge in [0.1, 0.15) is 18.3 Å². The maximum Gasteiger partial charge on any atom is 0.264 e. The molecule has 10 nitrogen and oxygen atoms in total. The van der Waals surface area contributed by atoms with Gasteiger partial charge < -0.3 is 5.32 Å². The zero-order valence-electron chi connectivity index (χ0n) is 14.7. The number of fused-ring (bicyclic) bond motifs is 1. The molecular formula is C16H18N6O4S. The molecule has 0 spiro atoms. The van der Waals surface area contributed by atoms with Gasteiger partial charge in [0.05, 0.1) is 17.1 Å². The third kappa shape index (κ3) is 3.88. The number of rotatable bonds is 5. The van der Waals surface area contributed by atoms with Crippen molar-refractivity contribution in [2.75, 3.05) is 0 Å². The van der Waals surface area contributed by atoms with Crippen LogP contribution in [0.2, 0.25) is 0 Å². The Morgan fingerprint density at radius 3 is 2.81 bits per heavy atom. The number of hydrogen-bond acceptors (Lipinski definition) is 6. The van der Waals surface area contributed by atoms with Crippen LogP contribution in [0.25, 0.3) is 11.0 Å². The number of nitrogens with one attached hydrogen (secondary N) is 1. The van der Waals surface area contributed by atoms with Gasteiger partial charge in [0.2, 0.25) is 15.9 Å². The average molecular weight is 390 g/mol. The molecule has 3 aromatic rings. The van der Waals surface area contributed by atoms with Gasteiger partial charge in [0, 0.05) is 7.05 Å². The van der Waals surface area contributed by atoms with Crippen LogP contribution in [0.3, 0.4) is 0 Å². The number of aromatic nitrogens is 4. The van der Waals surface area contributed by atoms with E-state index in [1.165, 1.54) is 33.9 Å². The van der Waals surface area contributed by atoms with Crippen molar-refractivity contribution in [2.24, 2.45) is 12.2 Å². The van der Waals surface area contributed by atoms with E-state index in [9.17, 15) is 18.0 Å². The average Bonchev–Trinajstić information content (AvgIpc) is 2.98. The zero-order valence-corrected chi connectivity index (χ0v) is 15.5. The molecule has 2 aromatic heterocycles. The molecule has 0 aliphatic carbocycles. The summed E-state index contributed by atoms with van der Waals surface area (Å²) in [6, 6.07) is 5.51. The smallest absolute Gasteiger partial charge is 0.264 e. The minimum atomic E-state index is -3.83. The molecule has 0 saturated heterocycles. The van der Waals surface area contributed by atoms with Gasteiger partial charge in [-0.2, -0.15) is 5.10 Å². The largest absolute Gasteiger partial charge is 0.348 e. The highest BCUT2D eigenvalue weighted by Crippen LogP contribution is 2.16. The Balaban J connectivity index is 1.76. The molecular weight excluding hydrogens is 372 g/mol. The van der Waals surface area contributed by atoms with Crippen molar-refractivity contribution in [2.45, 2.75) is 24.4 Å². The fraction of sp³-hybridized carbons (Fsp3) is 0.250. The van der Waals surface area contributed by atoms with Crippen molar-refractivity contribution in [3.05, 3.63) is 52.7 Å². The monoisotopic (exact) mass is 390 g/mol. The Bertz CT molecular complexity index is 1180. The van der Waals surface area contributed by atoms with Gasteiger partial charge in [0.25, 0.3) is 5.56 Å². The highest BCUT2D eigenvalue weighted by atomic mass is 32.2. The van der Waals surface area contributed by atoms with Crippen molar-refractivity contribution < 1.29 is 13.2 Å².